The molecule has 0 aliphatic heterocycles. The summed E-state index contributed by atoms with van der Waals surface area (Å²) in [5.41, 5.74) is 8.33. The van der Waals surface area contributed by atoms with E-state index in [1.54, 1.807) is 4.90 Å². The fourth-order valence-electron chi connectivity index (χ4n) is 1.74. The smallest absolute Gasteiger partial charge is 0.254 e. The van der Waals surface area contributed by atoms with Gasteiger partial charge in [-0.05, 0) is 32.4 Å². The van der Waals surface area contributed by atoms with Crippen LogP contribution < -0.4 is 5.73 Å². The van der Waals surface area contributed by atoms with Crippen molar-refractivity contribution < 1.29 is 4.79 Å². The minimum Gasteiger partial charge on any atom is -0.392 e. The van der Waals surface area contributed by atoms with Crippen LogP contribution in [0.2, 0.25) is 0 Å². The summed E-state index contributed by atoms with van der Waals surface area (Å²) in [6.45, 7) is 6.80. The van der Waals surface area contributed by atoms with E-state index in [0.29, 0.717) is 23.6 Å². The first kappa shape index (κ1) is 13.6. The number of aryl methyl sites for hydroxylation is 2. The van der Waals surface area contributed by atoms with Crippen LogP contribution in [0, 0.1) is 13.8 Å². The molecule has 0 aliphatic carbocycles. The van der Waals surface area contributed by atoms with E-state index < -0.39 is 0 Å². The minimum absolute atomic E-state index is 0.0159. The van der Waals surface area contributed by atoms with Gasteiger partial charge in [-0.25, -0.2) is 0 Å². The van der Waals surface area contributed by atoms with Crippen molar-refractivity contribution in [2.75, 3.05) is 13.1 Å². The summed E-state index contributed by atoms with van der Waals surface area (Å²) in [4.78, 5) is 14.2. The molecule has 0 spiro atoms. The Morgan fingerprint density at radius 3 is 2.53 bits per heavy atom. The van der Waals surface area contributed by atoms with Gasteiger partial charge in [0.2, 0.25) is 0 Å². The van der Waals surface area contributed by atoms with Crippen molar-refractivity contribution in [3.05, 3.63) is 34.9 Å². The third kappa shape index (κ3) is 3.53. The van der Waals surface area contributed by atoms with Crippen LogP contribution in [-0.2, 0) is 0 Å². The van der Waals surface area contributed by atoms with E-state index in [-0.39, 0.29) is 5.91 Å². The van der Waals surface area contributed by atoms with Crippen LogP contribution in [0.1, 0.15) is 28.4 Å². The van der Waals surface area contributed by atoms with Gasteiger partial charge >= 0.3 is 0 Å². The van der Waals surface area contributed by atoms with Crippen molar-refractivity contribution in [3.8, 4) is 0 Å². The van der Waals surface area contributed by atoms with Crippen molar-refractivity contribution in [2.24, 2.45) is 5.73 Å². The number of carbonyl (C=O) groups excluding carboxylic acids is 1. The van der Waals surface area contributed by atoms with Gasteiger partial charge < -0.3 is 10.6 Å². The fraction of sp³-hybridized carbons (Fsp3) is 0.385. The molecule has 0 aromatic heterocycles. The monoisotopic (exact) mass is 250 g/mol. The molecule has 4 heteroatoms. The fourth-order valence-corrected chi connectivity index (χ4v) is 1.90. The van der Waals surface area contributed by atoms with Gasteiger partial charge in [0.1, 0.15) is 0 Å². The first-order valence-corrected chi connectivity index (χ1v) is 6.01. The topological polar surface area (TPSA) is 46.3 Å². The van der Waals surface area contributed by atoms with E-state index in [9.17, 15) is 4.79 Å². The maximum Gasteiger partial charge on any atom is 0.254 e. The molecule has 3 nitrogen and oxygen atoms in total. The van der Waals surface area contributed by atoms with Gasteiger partial charge in [-0.1, -0.05) is 29.9 Å². The second-order valence-electron chi connectivity index (χ2n) is 4.10. The average molecular weight is 250 g/mol. The summed E-state index contributed by atoms with van der Waals surface area (Å²) in [5.74, 6) is -0.0159. The Morgan fingerprint density at radius 1 is 1.41 bits per heavy atom. The second-order valence-corrected chi connectivity index (χ2v) is 4.63. The highest BCUT2D eigenvalue weighted by atomic mass is 32.1. The standard InChI is InChI=1S/C13H18N2OS/c1-4-15(8-12(14)17)13(16)11-6-5-9(2)7-10(11)3/h5-7H,4,8H2,1-3H3,(H2,14,17). The van der Waals surface area contributed by atoms with Gasteiger partial charge in [0.25, 0.3) is 5.91 Å². The highest BCUT2D eigenvalue weighted by Gasteiger charge is 2.16. The van der Waals surface area contributed by atoms with Gasteiger partial charge in [-0.2, -0.15) is 0 Å². The molecular weight excluding hydrogens is 232 g/mol. The molecule has 0 radical (unpaired) electrons. The molecule has 0 atom stereocenters. The maximum absolute atomic E-state index is 12.3. The molecule has 1 aromatic carbocycles. The van der Waals surface area contributed by atoms with Gasteiger partial charge in [0, 0.05) is 12.1 Å². The molecule has 92 valence electrons. The van der Waals surface area contributed by atoms with Crippen LogP contribution in [0.4, 0.5) is 0 Å². The summed E-state index contributed by atoms with van der Waals surface area (Å²) < 4.78 is 0. The zero-order chi connectivity index (χ0) is 13.0. The number of nitrogens with two attached hydrogens (primary N) is 1. The lowest BCUT2D eigenvalue weighted by Crippen LogP contribution is -2.37. The molecule has 0 fully saturated rings. The van der Waals surface area contributed by atoms with E-state index in [1.165, 1.54) is 0 Å². The number of amides is 1. The third-order valence-corrected chi connectivity index (χ3v) is 2.76. The van der Waals surface area contributed by atoms with E-state index in [4.69, 9.17) is 18.0 Å². The number of benzene rings is 1. The number of likely N-dealkylation sites (N-methyl/N-ethyl adjacent to an activating group) is 1. The zero-order valence-electron chi connectivity index (χ0n) is 10.5. The molecule has 0 saturated carbocycles. The molecular formula is C13H18N2OS. The Hall–Kier alpha value is -1.42. The highest BCUT2D eigenvalue weighted by Crippen LogP contribution is 2.13. The Morgan fingerprint density at radius 2 is 2.06 bits per heavy atom. The molecule has 1 rings (SSSR count). The largest absolute Gasteiger partial charge is 0.392 e. The average Bonchev–Trinajstić information content (AvgIpc) is 2.24. The molecule has 0 bridgehead atoms. The number of thiocarbonyl (C=S) groups is 1. The van der Waals surface area contributed by atoms with Crippen LogP contribution in [0.5, 0.6) is 0 Å². The molecule has 0 saturated heterocycles. The number of rotatable bonds is 4. The van der Waals surface area contributed by atoms with Gasteiger partial charge in [0.05, 0.1) is 11.5 Å². The highest BCUT2D eigenvalue weighted by molar-refractivity contribution is 7.80. The van der Waals surface area contributed by atoms with Crippen LogP contribution >= 0.6 is 12.2 Å². The number of nitrogens with zero attached hydrogens (tertiary/aromatic N) is 1. The predicted octanol–water partition coefficient (Wildman–Crippen LogP) is 2.05. The lowest BCUT2D eigenvalue weighted by Gasteiger charge is -2.21. The maximum atomic E-state index is 12.3. The molecule has 2 N–H and O–H groups in total. The molecule has 0 aliphatic rings. The molecule has 0 heterocycles. The van der Waals surface area contributed by atoms with Crippen molar-refractivity contribution in [2.45, 2.75) is 20.8 Å². The van der Waals surface area contributed by atoms with Gasteiger partial charge in [-0.3, -0.25) is 4.79 Å². The number of hydrogen-bond donors (Lipinski definition) is 1. The van der Waals surface area contributed by atoms with Crippen LogP contribution in [0.25, 0.3) is 0 Å². The second kappa shape index (κ2) is 5.77. The van der Waals surface area contributed by atoms with Crippen molar-refractivity contribution in [1.29, 1.82) is 0 Å². The molecule has 1 aromatic rings. The first-order chi connectivity index (χ1) is 7.95. The van der Waals surface area contributed by atoms with Crippen LogP contribution in [0.3, 0.4) is 0 Å². The number of carbonyl (C=O) groups is 1. The number of hydrogen-bond acceptors (Lipinski definition) is 2. The van der Waals surface area contributed by atoms with Crippen LogP contribution in [-0.4, -0.2) is 28.9 Å². The Labute approximate surface area is 108 Å². The third-order valence-electron chi connectivity index (χ3n) is 2.63. The Kier molecular flexibility index (Phi) is 4.63. The quantitative estimate of drug-likeness (QED) is 0.832. The summed E-state index contributed by atoms with van der Waals surface area (Å²) in [6, 6.07) is 5.80. The molecule has 1 amide bonds. The molecule has 17 heavy (non-hydrogen) atoms. The summed E-state index contributed by atoms with van der Waals surface area (Å²) in [6.07, 6.45) is 0. The Balaban J connectivity index is 2.97. The first-order valence-electron chi connectivity index (χ1n) is 5.60. The van der Waals surface area contributed by atoms with Gasteiger partial charge in [-0.15, -0.1) is 0 Å². The van der Waals surface area contributed by atoms with Gasteiger partial charge in [0.15, 0.2) is 0 Å². The summed E-state index contributed by atoms with van der Waals surface area (Å²) in [7, 11) is 0. The lowest BCUT2D eigenvalue weighted by molar-refractivity contribution is 0.0787. The summed E-state index contributed by atoms with van der Waals surface area (Å²) >= 11 is 4.84. The van der Waals surface area contributed by atoms with E-state index in [0.717, 1.165) is 11.1 Å². The van der Waals surface area contributed by atoms with E-state index in [1.807, 2.05) is 39.0 Å². The SMILES string of the molecule is CCN(CC(N)=S)C(=O)c1ccc(C)cc1C. The normalized spacial score (nSPS) is 10.1. The minimum atomic E-state index is -0.0159. The Bertz CT molecular complexity index is 443. The zero-order valence-corrected chi connectivity index (χ0v) is 11.3. The van der Waals surface area contributed by atoms with Crippen molar-refractivity contribution in [1.82, 2.24) is 4.90 Å². The molecule has 0 unspecified atom stereocenters. The van der Waals surface area contributed by atoms with Crippen LogP contribution in [0.15, 0.2) is 18.2 Å². The van der Waals surface area contributed by atoms with E-state index >= 15 is 0 Å². The van der Waals surface area contributed by atoms with Crippen molar-refractivity contribution >= 4 is 23.1 Å². The van der Waals surface area contributed by atoms with Crippen molar-refractivity contribution in [3.63, 3.8) is 0 Å². The lowest BCUT2D eigenvalue weighted by atomic mass is 10.0. The van der Waals surface area contributed by atoms with E-state index in [2.05, 4.69) is 0 Å². The predicted molar refractivity (Wildman–Crippen MR) is 74.3 cm³/mol. The summed E-state index contributed by atoms with van der Waals surface area (Å²) in [5, 5.41) is 0.